The van der Waals surface area contributed by atoms with E-state index in [0.29, 0.717) is 0 Å². The number of nitrogens with one attached hydrogen (secondary N) is 1. The molecule has 3 heterocycles. The second-order valence-electron chi connectivity index (χ2n) is 7.99. The molecule has 1 N–H and O–H groups in total. The van der Waals surface area contributed by atoms with Crippen molar-refractivity contribution in [1.29, 1.82) is 0 Å². The van der Waals surface area contributed by atoms with Crippen LogP contribution in [0.25, 0.3) is 38.3 Å². The first-order valence-electron chi connectivity index (χ1n) is 9.43. The highest BCUT2D eigenvalue weighted by atomic mass is 32.1. The third kappa shape index (κ3) is 3.23. The van der Waals surface area contributed by atoms with Gasteiger partial charge in [-0.2, -0.15) is 14.7 Å². The number of hydrogen-bond acceptors (Lipinski definition) is 5. The molecule has 7 heteroatoms. The summed E-state index contributed by atoms with van der Waals surface area (Å²) in [6.07, 6.45) is 0. The van der Waals surface area contributed by atoms with Gasteiger partial charge < -0.3 is 0 Å². The van der Waals surface area contributed by atoms with Crippen molar-refractivity contribution in [3.05, 3.63) is 66.2 Å². The average molecular weight is 401 g/mol. The maximum Gasteiger partial charge on any atom is 0.235 e. The number of nitrogens with zero attached hydrogens (tertiary/aromatic N) is 5. The van der Waals surface area contributed by atoms with E-state index in [2.05, 4.69) is 65.4 Å². The van der Waals surface area contributed by atoms with Gasteiger partial charge in [0.25, 0.3) is 0 Å². The van der Waals surface area contributed by atoms with Crippen molar-refractivity contribution in [1.82, 2.24) is 30.0 Å². The zero-order chi connectivity index (χ0) is 20.0. The lowest BCUT2D eigenvalue weighted by atomic mass is 9.87. The van der Waals surface area contributed by atoms with E-state index in [1.54, 1.807) is 4.52 Å². The smallest absolute Gasteiger partial charge is 0.235 e. The number of aromatic nitrogens is 6. The van der Waals surface area contributed by atoms with Crippen LogP contribution in [0.4, 0.5) is 0 Å². The van der Waals surface area contributed by atoms with Gasteiger partial charge in [0, 0.05) is 11.1 Å². The summed E-state index contributed by atoms with van der Waals surface area (Å²) in [5.41, 5.74) is 5.23. The molecule has 0 aliphatic carbocycles. The fourth-order valence-corrected chi connectivity index (χ4v) is 4.02. The molecule has 29 heavy (non-hydrogen) atoms. The Bertz CT molecular complexity index is 1270. The molecule has 0 atom stereocenters. The molecule has 0 bridgehead atoms. The van der Waals surface area contributed by atoms with Crippen molar-refractivity contribution >= 4 is 16.3 Å². The van der Waals surface area contributed by atoms with Gasteiger partial charge in [-0.3, -0.25) is 5.10 Å². The van der Waals surface area contributed by atoms with Crippen LogP contribution in [-0.4, -0.2) is 30.0 Å². The number of benzene rings is 2. The predicted molar refractivity (Wildman–Crippen MR) is 116 cm³/mol. The quantitative estimate of drug-likeness (QED) is 0.451. The van der Waals surface area contributed by atoms with Crippen molar-refractivity contribution < 1.29 is 0 Å². The van der Waals surface area contributed by atoms with E-state index in [9.17, 15) is 0 Å². The summed E-state index contributed by atoms with van der Waals surface area (Å²) in [6.45, 7) is 6.62. The number of fused-ring (bicyclic) bond motifs is 1. The molecule has 0 saturated carbocycles. The van der Waals surface area contributed by atoms with Crippen molar-refractivity contribution in [2.24, 2.45) is 0 Å². The highest BCUT2D eigenvalue weighted by Crippen LogP contribution is 2.30. The van der Waals surface area contributed by atoms with Crippen LogP contribution in [0.3, 0.4) is 0 Å². The first kappa shape index (κ1) is 17.8. The van der Waals surface area contributed by atoms with E-state index in [-0.39, 0.29) is 5.41 Å². The Balaban J connectivity index is 1.50. The highest BCUT2D eigenvalue weighted by molar-refractivity contribution is 7.19. The maximum atomic E-state index is 4.74. The minimum absolute atomic E-state index is 0.115. The molecule has 2 aromatic carbocycles. The van der Waals surface area contributed by atoms with Gasteiger partial charge in [-0.1, -0.05) is 86.7 Å². The number of aromatic amines is 1. The third-order valence-corrected chi connectivity index (χ3v) is 5.81. The van der Waals surface area contributed by atoms with Gasteiger partial charge in [-0.05, 0) is 17.0 Å². The molecule has 6 nitrogen and oxygen atoms in total. The van der Waals surface area contributed by atoms with E-state index >= 15 is 0 Å². The fourth-order valence-electron chi connectivity index (χ4n) is 3.21. The lowest BCUT2D eigenvalue weighted by Crippen LogP contribution is -2.10. The van der Waals surface area contributed by atoms with Gasteiger partial charge in [-0.15, -0.1) is 10.2 Å². The second kappa shape index (κ2) is 6.63. The van der Waals surface area contributed by atoms with Gasteiger partial charge in [-0.25, -0.2) is 0 Å². The Labute approximate surface area is 172 Å². The van der Waals surface area contributed by atoms with Crippen LogP contribution >= 0.6 is 11.3 Å². The SMILES string of the molecule is CC(C)(C)c1ccc(-c2nnc3sc(-c4cc(-c5ccccc5)n[nH]4)nn23)cc1. The van der Waals surface area contributed by atoms with E-state index < -0.39 is 0 Å². The topological polar surface area (TPSA) is 71.8 Å². The van der Waals surface area contributed by atoms with E-state index in [4.69, 9.17) is 5.10 Å². The summed E-state index contributed by atoms with van der Waals surface area (Å²) < 4.78 is 1.80. The van der Waals surface area contributed by atoms with Crippen LogP contribution in [-0.2, 0) is 5.41 Å². The Hall–Kier alpha value is -3.32. The van der Waals surface area contributed by atoms with Gasteiger partial charge >= 0.3 is 0 Å². The minimum atomic E-state index is 0.115. The molecule has 5 aromatic rings. The normalized spacial score (nSPS) is 12.0. The molecule has 0 unspecified atom stereocenters. The zero-order valence-electron chi connectivity index (χ0n) is 16.4. The van der Waals surface area contributed by atoms with Crippen LogP contribution < -0.4 is 0 Å². The molecule has 0 amide bonds. The predicted octanol–water partition coefficient (Wildman–Crippen LogP) is 5.21. The highest BCUT2D eigenvalue weighted by Gasteiger charge is 2.18. The number of H-pyrrole nitrogens is 1. The second-order valence-corrected chi connectivity index (χ2v) is 8.94. The number of rotatable bonds is 3. The van der Waals surface area contributed by atoms with Crippen LogP contribution in [0.2, 0.25) is 0 Å². The van der Waals surface area contributed by atoms with Crippen LogP contribution in [0.15, 0.2) is 60.7 Å². The molecular formula is C22H20N6S. The lowest BCUT2D eigenvalue weighted by molar-refractivity contribution is 0.590. The summed E-state index contributed by atoms with van der Waals surface area (Å²) in [5.74, 6) is 0.741. The Morgan fingerprint density at radius 3 is 2.38 bits per heavy atom. The van der Waals surface area contributed by atoms with Gasteiger partial charge in [0.1, 0.15) is 0 Å². The monoisotopic (exact) mass is 400 g/mol. The molecule has 0 saturated heterocycles. The van der Waals surface area contributed by atoms with Crippen molar-refractivity contribution in [3.8, 4) is 33.3 Å². The molecule has 0 fully saturated rings. The van der Waals surface area contributed by atoms with Crippen LogP contribution in [0.5, 0.6) is 0 Å². The molecule has 0 aliphatic heterocycles. The first-order chi connectivity index (χ1) is 14.0. The first-order valence-corrected chi connectivity index (χ1v) is 10.2. The fraction of sp³-hybridized carbons (Fsp3) is 0.182. The molecule has 5 rings (SSSR count). The molecule has 0 spiro atoms. The van der Waals surface area contributed by atoms with Crippen LogP contribution in [0, 0.1) is 0 Å². The Morgan fingerprint density at radius 2 is 1.66 bits per heavy atom. The molecule has 0 radical (unpaired) electrons. The Kier molecular flexibility index (Phi) is 4.06. The maximum absolute atomic E-state index is 4.74. The summed E-state index contributed by atoms with van der Waals surface area (Å²) in [4.78, 5) is 0.755. The van der Waals surface area contributed by atoms with Gasteiger partial charge in [0.05, 0.1) is 11.4 Å². The average Bonchev–Trinajstić information content (AvgIpc) is 3.43. The summed E-state index contributed by atoms with van der Waals surface area (Å²) in [7, 11) is 0. The van der Waals surface area contributed by atoms with Crippen molar-refractivity contribution in [3.63, 3.8) is 0 Å². The minimum Gasteiger partial charge on any atom is -0.275 e. The van der Waals surface area contributed by atoms with Crippen molar-refractivity contribution in [2.45, 2.75) is 26.2 Å². The molecule has 3 aromatic heterocycles. The molecular weight excluding hydrogens is 380 g/mol. The van der Waals surface area contributed by atoms with Gasteiger partial charge in [0.2, 0.25) is 4.96 Å². The van der Waals surface area contributed by atoms with E-state index in [0.717, 1.165) is 38.3 Å². The summed E-state index contributed by atoms with van der Waals surface area (Å²) in [6, 6.07) is 20.5. The van der Waals surface area contributed by atoms with Crippen LogP contribution in [0.1, 0.15) is 26.3 Å². The molecule has 0 aliphatic rings. The molecule has 144 valence electrons. The van der Waals surface area contributed by atoms with Gasteiger partial charge in [0.15, 0.2) is 10.8 Å². The van der Waals surface area contributed by atoms with E-state index in [1.807, 2.05) is 36.4 Å². The number of hydrogen-bond donors (Lipinski definition) is 1. The van der Waals surface area contributed by atoms with E-state index in [1.165, 1.54) is 16.9 Å². The largest absolute Gasteiger partial charge is 0.275 e. The lowest BCUT2D eigenvalue weighted by Gasteiger charge is -2.18. The summed E-state index contributed by atoms with van der Waals surface area (Å²) in [5, 5.41) is 21.7. The zero-order valence-corrected chi connectivity index (χ0v) is 17.2. The van der Waals surface area contributed by atoms with Crippen molar-refractivity contribution in [2.75, 3.05) is 0 Å². The Morgan fingerprint density at radius 1 is 0.897 bits per heavy atom. The standard InChI is InChI=1S/C22H20N6S/c1-22(2,3)16-11-9-15(10-12-16)19-25-26-21-28(19)27-20(29-21)18-13-17(23-24-18)14-7-5-4-6-8-14/h4-13H,1-3H3,(H,23,24). The summed E-state index contributed by atoms with van der Waals surface area (Å²) >= 11 is 1.49. The third-order valence-electron chi connectivity index (χ3n) is 4.88.